The first-order valence-electron chi connectivity index (χ1n) is 7.04. The van der Waals surface area contributed by atoms with Crippen molar-refractivity contribution < 1.29 is 13.2 Å². The Kier molecular flexibility index (Phi) is 4.63. The van der Waals surface area contributed by atoms with Gasteiger partial charge in [0.25, 0.3) is 15.0 Å². The number of carbonyl (C=O) groups excluding carboxylic acids is 1. The number of hydrogen-bond acceptors (Lipinski definition) is 3. The summed E-state index contributed by atoms with van der Waals surface area (Å²) in [4.78, 5) is 14.5. The number of carbonyl (C=O) groups is 1. The van der Waals surface area contributed by atoms with Crippen LogP contribution < -0.4 is 0 Å². The van der Waals surface area contributed by atoms with Gasteiger partial charge >= 0.3 is 0 Å². The molecule has 1 heterocycles. The van der Waals surface area contributed by atoms with Crippen LogP contribution in [-0.4, -0.2) is 32.3 Å². The summed E-state index contributed by atoms with van der Waals surface area (Å²) in [5, 5.41) is 0. The largest absolute Gasteiger partial charge is 0.338 e. The maximum atomic E-state index is 12.6. The second-order valence-corrected chi connectivity index (χ2v) is 8.47. The number of amides is 1. The molecular formula is C15H20ClNO3S. The van der Waals surface area contributed by atoms with Crippen molar-refractivity contribution in [3.05, 3.63) is 29.3 Å². The van der Waals surface area contributed by atoms with E-state index < -0.39 is 9.05 Å². The highest BCUT2D eigenvalue weighted by molar-refractivity contribution is 8.13. The fraction of sp³-hybridized carbons (Fsp3) is 0.533. The third-order valence-electron chi connectivity index (χ3n) is 4.33. The lowest BCUT2D eigenvalue weighted by Gasteiger charge is -2.35. The van der Waals surface area contributed by atoms with Crippen LogP contribution in [0.15, 0.2) is 23.1 Å². The molecule has 0 aliphatic carbocycles. The number of piperidine rings is 1. The Morgan fingerprint density at radius 3 is 2.48 bits per heavy atom. The van der Waals surface area contributed by atoms with Crippen molar-refractivity contribution in [1.29, 1.82) is 0 Å². The lowest BCUT2D eigenvalue weighted by Crippen LogP contribution is -2.42. The van der Waals surface area contributed by atoms with Crippen molar-refractivity contribution in [2.75, 3.05) is 13.1 Å². The smallest absolute Gasteiger partial charge is 0.261 e. The summed E-state index contributed by atoms with van der Waals surface area (Å²) in [5.41, 5.74) is 1.17. The maximum absolute atomic E-state index is 12.6. The number of nitrogens with zero attached hydrogens (tertiary/aromatic N) is 1. The van der Waals surface area contributed by atoms with Gasteiger partial charge in [0.1, 0.15) is 0 Å². The summed E-state index contributed by atoms with van der Waals surface area (Å²) in [6, 6.07) is 4.39. The second-order valence-electron chi connectivity index (χ2n) is 5.91. The Morgan fingerprint density at radius 1 is 1.29 bits per heavy atom. The lowest BCUT2D eigenvalue weighted by molar-refractivity contribution is 0.0626. The first-order chi connectivity index (χ1) is 9.70. The molecule has 2 unspecified atom stereocenters. The molecule has 2 rings (SSSR count). The molecule has 1 aliphatic heterocycles. The van der Waals surface area contributed by atoms with Gasteiger partial charge in [-0.05, 0) is 48.9 Å². The fourth-order valence-electron chi connectivity index (χ4n) is 2.65. The Labute approximate surface area is 130 Å². The Balaban J connectivity index is 2.24. The van der Waals surface area contributed by atoms with Gasteiger partial charge in [0.2, 0.25) is 0 Å². The summed E-state index contributed by atoms with van der Waals surface area (Å²) >= 11 is 0. The zero-order chi connectivity index (χ0) is 15.8. The van der Waals surface area contributed by atoms with Gasteiger partial charge in [0.15, 0.2) is 0 Å². The zero-order valence-electron chi connectivity index (χ0n) is 12.5. The molecule has 21 heavy (non-hydrogen) atoms. The number of aryl methyl sites for hydroxylation is 1. The average Bonchev–Trinajstić information content (AvgIpc) is 2.40. The minimum Gasteiger partial charge on any atom is -0.338 e. The first kappa shape index (κ1) is 16.3. The third kappa shape index (κ3) is 3.58. The van der Waals surface area contributed by atoms with Crippen LogP contribution in [0.4, 0.5) is 0 Å². The highest BCUT2D eigenvalue weighted by atomic mass is 35.7. The molecule has 1 amide bonds. The summed E-state index contributed by atoms with van der Waals surface area (Å²) in [5.74, 6) is 1.06. The van der Waals surface area contributed by atoms with Crippen molar-refractivity contribution in [1.82, 2.24) is 4.90 Å². The number of benzene rings is 1. The van der Waals surface area contributed by atoms with E-state index in [-0.39, 0.29) is 10.8 Å². The summed E-state index contributed by atoms with van der Waals surface area (Å²) < 4.78 is 22.6. The van der Waals surface area contributed by atoms with E-state index in [1.807, 2.05) is 4.90 Å². The van der Waals surface area contributed by atoms with Crippen LogP contribution in [0, 0.1) is 18.8 Å². The van der Waals surface area contributed by atoms with Gasteiger partial charge < -0.3 is 4.90 Å². The molecule has 0 saturated carbocycles. The Bertz CT molecular complexity index is 657. The molecular weight excluding hydrogens is 310 g/mol. The van der Waals surface area contributed by atoms with Crippen molar-refractivity contribution in [3.63, 3.8) is 0 Å². The van der Waals surface area contributed by atoms with Crippen LogP contribution in [0.1, 0.15) is 36.2 Å². The van der Waals surface area contributed by atoms with E-state index in [0.717, 1.165) is 19.5 Å². The van der Waals surface area contributed by atoms with E-state index in [1.54, 1.807) is 13.0 Å². The van der Waals surface area contributed by atoms with Crippen LogP contribution in [0.25, 0.3) is 0 Å². The topological polar surface area (TPSA) is 54.5 Å². The zero-order valence-corrected chi connectivity index (χ0v) is 14.0. The van der Waals surface area contributed by atoms with E-state index >= 15 is 0 Å². The highest BCUT2D eigenvalue weighted by Crippen LogP contribution is 2.25. The number of hydrogen-bond donors (Lipinski definition) is 0. The molecule has 6 heteroatoms. The van der Waals surface area contributed by atoms with Crippen molar-refractivity contribution in [3.8, 4) is 0 Å². The minimum absolute atomic E-state index is 0.0267. The molecule has 116 valence electrons. The van der Waals surface area contributed by atoms with Gasteiger partial charge in [-0.3, -0.25) is 4.79 Å². The van der Waals surface area contributed by atoms with Gasteiger partial charge in [-0.2, -0.15) is 0 Å². The van der Waals surface area contributed by atoms with E-state index in [2.05, 4.69) is 13.8 Å². The molecule has 1 aliphatic rings. The van der Waals surface area contributed by atoms with Gasteiger partial charge in [-0.1, -0.05) is 13.8 Å². The number of halogens is 1. The molecule has 0 spiro atoms. The molecule has 1 saturated heterocycles. The molecule has 1 aromatic carbocycles. The van der Waals surface area contributed by atoms with Gasteiger partial charge in [-0.15, -0.1) is 0 Å². The summed E-state index contributed by atoms with van der Waals surface area (Å²) in [6.45, 7) is 7.58. The van der Waals surface area contributed by atoms with E-state index in [1.165, 1.54) is 12.1 Å². The predicted octanol–water partition coefficient (Wildman–Crippen LogP) is 3.04. The van der Waals surface area contributed by atoms with E-state index in [9.17, 15) is 13.2 Å². The first-order valence-corrected chi connectivity index (χ1v) is 9.35. The average molecular weight is 330 g/mol. The highest BCUT2D eigenvalue weighted by Gasteiger charge is 2.27. The molecule has 0 N–H and O–H groups in total. The predicted molar refractivity (Wildman–Crippen MR) is 83.1 cm³/mol. The number of rotatable bonds is 2. The molecule has 2 atom stereocenters. The van der Waals surface area contributed by atoms with Gasteiger partial charge in [0, 0.05) is 29.3 Å². The molecule has 0 radical (unpaired) electrons. The number of likely N-dealkylation sites (tertiary alicyclic amines) is 1. The minimum atomic E-state index is -3.76. The molecule has 1 fully saturated rings. The third-order valence-corrected chi connectivity index (χ3v) is 5.68. The van der Waals surface area contributed by atoms with Crippen molar-refractivity contribution in [2.45, 2.75) is 32.1 Å². The lowest BCUT2D eigenvalue weighted by atomic mass is 9.88. The van der Waals surface area contributed by atoms with Crippen LogP contribution in [0.5, 0.6) is 0 Å². The quantitative estimate of drug-likeness (QED) is 0.784. The van der Waals surface area contributed by atoms with E-state index in [4.69, 9.17) is 10.7 Å². The van der Waals surface area contributed by atoms with Gasteiger partial charge in [0.05, 0.1) is 4.90 Å². The summed E-state index contributed by atoms with van der Waals surface area (Å²) in [7, 11) is 1.56. The van der Waals surface area contributed by atoms with Crippen LogP contribution in [0.3, 0.4) is 0 Å². The molecule has 4 nitrogen and oxygen atoms in total. The van der Waals surface area contributed by atoms with Crippen molar-refractivity contribution in [2.24, 2.45) is 11.8 Å². The van der Waals surface area contributed by atoms with Crippen LogP contribution in [-0.2, 0) is 9.05 Å². The molecule has 1 aromatic rings. The Hall–Kier alpha value is -1.07. The molecule has 0 bridgehead atoms. The standard InChI is InChI=1S/C15H20ClNO3S/c1-10-6-7-17(9-12(10)3)15(18)14-5-4-13(8-11(14)2)21(16,19)20/h4-5,8,10,12H,6-7,9H2,1-3H3. The molecule has 0 aromatic heterocycles. The normalized spacial score (nSPS) is 23.1. The fourth-order valence-corrected chi connectivity index (χ4v) is 3.48. The maximum Gasteiger partial charge on any atom is 0.261 e. The second kappa shape index (κ2) is 5.97. The summed E-state index contributed by atoms with van der Waals surface area (Å²) in [6.07, 6.45) is 1.00. The SMILES string of the molecule is Cc1cc(S(=O)(=O)Cl)ccc1C(=O)N1CCC(C)C(C)C1. The van der Waals surface area contributed by atoms with Crippen LogP contribution >= 0.6 is 10.7 Å². The Morgan fingerprint density at radius 2 is 1.95 bits per heavy atom. The van der Waals surface area contributed by atoms with Crippen molar-refractivity contribution >= 4 is 25.6 Å². The van der Waals surface area contributed by atoms with E-state index in [0.29, 0.717) is 23.0 Å². The van der Waals surface area contributed by atoms with Gasteiger partial charge in [-0.25, -0.2) is 8.42 Å². The monoisotopic (exact) mass is 329 g/mol. The van der Waals surface area contributed by atoms with Crippen LogP contribution in [0.2, 0.25) is 0 Å².